The molecule has 1 heterocycles. The summed E-state index contributed by atoms with van der Waals surface area (Å²) in [7, 11) is -1.05. The van der Waals surface area contributed by atoms with E-state index >= 15 is 0 Å². The Kier molecular flexibility index (Phi) is 3.90. The van der Waals surface area contributed by atoms with Crippen molar-refractivity contribution < 1.29 is 9.32 Å². The van der Waals surface area contributed by atoms with E-state index in [1.165, 1.54) is 0 Å². The summed E-state index contributed by atoms with van der Waals surface area (Å²) in [6, 6.07) is 5.32. The maximum atomic E-state index is 11.3. The topological polar surface area (TPSA) is 50.2 Å². The third-order valence-electron chi connectivity index (χ3n) is 1.36. The predicted molar refractivity (Wildman–Crippen MR) is 47.2 cm³/mol. The molecule has 3 nitrogen and oxygen atoms in total. The van der Waals surface area contributed by atoms with E-state index in [4.69, 9.17) is 5.11 Å². The molecular weight excluding hydrogens is 174 g/mol. The van der Waals surface area contributed by atoms with Crippen molar-refractivity contribution in [1.29, 1.82) is 0 Å². The monoisotopic (exact) mass is 185 g/mol. The smallest absolute Gasteiger partial charge is 0.127 e. The Morgan fingerprint density at radius 1 is 1.50 bits per heavy atom. The van der Waals surface area contributed by atoms with Crippen molar-refractivity contribution in [1.82, 2.24) is 4.98 Å². The minimum absolute atomic E-state index is 0.0819. The van der Waals surface area contributed by atoms with E-state index in [0.29, 0.717) is 17.2 Å². The van der Waals surface area contributed by atoms with Gasteiger partial charge in [-0.1, -0.05) is 6.07 Å². The van der Waals surface area contributed by atoms with Gasteiger partial charge in [0.2, 0.25) is 0 Å². The molecule has 66 valence electrons. The zero-order chi connectivity index (χ0) is 8.81. The third kappa shape index (κ3) is 2.71. The highest BCUT2D eigenvalue weighted by atomic mass is 32.2. The number of aromatic nitrogens is 1. The van der Waals surface area contributed by atoms with Gasteiger partial charge in [-0.2, -0.15) is 0 Å². The molecule has 1 unspecified atom stereocenters. The van der Waals surface area contributed by atoms with Crippen LogP contribution in [0.1, 0.15) is 6.42 Å². The molecule has 1 aromatic heterocycles. The van der Waals surface area contributed by atoms with E-state index in [0.717, 1.165) is 0 Å². The highest BCUT2D eigenvalue weighted by molar-refractivity contribution is 7.84. The van der Waals surface area contributed by atoms with Gasteiger partial charge in [0, 0.05) is 18.6 Å². The van der Waals surface area contributed by atoms with Gasteiger partial charge in [0.1, 0.15) is 5.03 Å². The van der Waals surface area contributed by atoms with Gasteiger partial charge in [0.15, 0.2) is 0 Å². The quantitative estimate of drug-likeness (QED) is 0.746. The van der Waals surface area contributed by atoms with Crippen molar-refractivity contribution in [3.63, 3.8) is 0 Å². The van der Waals surface area contributed by atoms with Crippen molar-refractivity contribution in [3.8, 4) is 0 Å². The van der Waals surface area contributed by atoms with Crippen LogP contribution in [0.4, 0.5) is 0 Å². The number of hydrogen-bond acceptors (Lipinski definition) is 3. The van der Waals surface area contributed by atoms with Crippen molar-refractivity contribution in [2.24, 2.45) is 0 Å². The van der Waals surface area contributed by atoms with Crippen LogP contribution in [-0.4, -0.2) is 26.7 Å². The van der Waals surface area contributed by atoms with Gasteiger partial charge in [0.25, 0.3) is 0 Å². The second kappa shape index (κ2) is 5.00. The Morgan fingerprint density at radius 3 is 2.92 bits per heavy atom. The number of hydrogen-bond donors (Lipinski definition) is 1. The van der Waals surface area contributed by atoms with Crippen LogP contribution in [-0.2, 0) is 10.8 Å². The molecule has 1 aromatic rings. The summed E-state index contributed by atoms with van der Waals surface area (Å²) in [5, 5.41) is 9.10. The minimum atomic E-state index is -1.05. The van der Waals surface area contributed by atoms with E-state index in [1.54, 1.807) is 24.4 Å². The van der Waals surface area contributed by atoms with E-state index in [9.17, 15) is 4.21 Å². The number of aliphatic hydroxyl groups excluding tert-OH is 1. The normalized spacial score (nSPS) is 12.8. The van der Waals surface area contributed by atoms with E-state index < -0.39 is 10.8 Å². The molecule has 0 aliphatic heterocycles. The van der Waals surface area contributed by atoms with Crippen LogP contribution in [0.5, 0.6) is 0 Å². The SMILES string of the molecule is O=S(CCCO)c1ccccn1. The summed E-state index contributed by atoms with van der Waals surface area (Å²) in [5.74, 6) is 0.480. The Bertz CT molecular complexity index is 250. The molecule has 0 radical (unpaired) electrons. The van der Waals surface area contributed by atoms with Crippen LogP contribution in [0.3, 0.4) is 0 Å². The van der Waals surface area contributed by atoms with Crippen molar-refractivity contribution in [3.05, 3.63) is 24.4 Å². The van der Waals surface area contributed by atoms with E-state index in [1.807, 2.05) is 0 Å². The molecule has 0 aliphatic rings. The van der Waals surface area contributed by atoms with Gasteiger partial charge in [-0.3, -0.25) is 4.21 Å². The fraction of sp³-hybridized carbons (Fsp3) is 0.375. The van der Waals surface area contributed by atoms with Crippen LogP contribution in [0.2, 0.25) is 0 Å². The lowest BCUT2D eigenvalue weighted by Gasteiger charge is -1.97. The summed E-state index contributed by atoms with van der Waals surface area (Å²) in [6.45, 7) is 0.0819. The van der Waals surface area contributed by atoms with Gasteiger partial charge in [-0.15, -0.1) is 0 Å². The first-order valence-corrected chi connectivity index (χ1v) is 5.07. The number of pyridine rings is 1. The summed E-state index contributed by atoms with van der Waals surface area (Å²) in [4.78, 5) is 3.95. The maximum Gasteiger partial charge on any atom is 0.127 e. The molecule has 0 saturated carbocycles. The van der Waals surface area contributed by atoms with Crippen LogP contribution in [0.15, 0.2) is 29.4 Å². The second-order valence-electron chi connectivity index (χ2n) is 2.29. The van der Waals surface area contributed by atoms with Gasteiger partial charge in [-0.05, 0) is 18.6 Å². The summed E-state index contributed by atoms with van der Waals surface area (Å²) in [6.07, 6.45) is 2.18. The minimum Gasteiger partial charge on any atom is -0.396 e. The summed E-state index contributed by atoms with van der Waals surface area (Å²) >= 11 is 0. The fourth-order valence-electron chi connectivity index (χ4n) is 0.782. The van der Waals surface area contributed by atoms with Gasteiger partial charge < -0.3 is 5.11 Å². The first-order valence-electron chi connectivity index (χ1n) is 3.75. The Morgan fingerprint density at radius 2 is 2.33 bits per heavy atom. The molecule has 0 bridgehead atoms. The fourth-order valence-corrected chi connectivity index (χ4v) is 1.79. The molecule has 0 saturated heterocycles. The van der Waals surface area contributed by atoms with Gasteiger partial charge >= 0.3 is 0 Å². The van der Waals surface area contributed by atoms with Crippen molar-refractivity contribution in [2.45, 2.75) is 11.4 Å². The summed E-state index contributed by atoms with van der Waals surface area (Å²) < 4.78 is 11.3. The third-order valence-corrected chi connectivity index (χ3v) is 2.73. The molecule has 0 amide bonds. The Hall–Kier alpha value is -0.740. The zero-order valence-electron chi connectivity index (χ0n) is 6.64. The first kappa shape index (κ1) is 9.35. The first-order chi connectivity index (χ1) is 5.84. The van der Waals surface area contributed by atoms with E-state index in [-0.39, 0.29) is 6.61 Å². The second-order valence-corrected chi connectivity index (χ2v) is 3.81. The molecule has 0 aromatic carbocycles. The average Bonchev–Trinajstić information content (AvgIpc) is 2.15. The molecule has 12 heavy (non-hydrogen) atoms. The predicted octanol–water partition coefficient (Wildman–Crippen LogP) is 0.572. The average molecular weight is 185 g/mol. The van der Waals surface area contributed by atoms with Crippen molar-refractivity contribution >= 4 is 10.8 Å². The highest BCUT2D eigenvalue weighted by Crippen LogP contribution is 2.01. The molecule has 1 N–H and O–H groups in total. The van der Waals surface area contributed by atoms with Gasteiger partial charge in [0.05, 0.1) is 10.8 Å². The molecule has 1 rings (SSSR count). The highest BCUT2D eigenvalue weighted by Gasteiger charge is 2.02. The van der Waals surface area contributed by atoms with Crippen LogP contribution >= 0.6 is 0 Å². The van der Waals surface area contributed by atoms with Crippen molar-refractivity contribution in [2.75, 3.05) is 12.4 Å². The Balaban J connectivity index is 2.54. The molecular formula is C8H11NO2S. The largest absolute Gasteiger partial charge is 0.396 e. The van der Waals surface area contributed by atoms with Crippen LogP contribution in [0, 0.1) is 0 Å². The molecule has 0 spiro atoms. The number of aliphatic hydroxyl groups is 1. The molecule has 1 atom stereocenters. The number of rotatable bonds is 4. The molecule has 4 heteroatoms. The lowest BCUT2D eigenvalue weighted by atomic mass is 10.5. The van der Waals surface area contributed by atoms with E-state index in [2.05, 4.69) is 4.98 Å². The summed E-state index contributed by atoms with van der Waals surface area (Å²) in [5.41, 5.74) is 0. The van der Waals surface area contributed by atoms with Gasteiger partial charge in [-0.25, -0.2) is 4.98 Å². The zero-order valence-corrected chi connectivity index (χ0v) is 7.46. The lowest BCUT2D eigenvalue weighted by molar-refractivity contribution is 0.296. The maximum absolute atomic E-state index is 11.3. The standard InChI is InChI=1S/C8H11NO2S/c10-6-3-7-12(11)8-4-1-2-5-9-8/h1-2,4-5,10H,3,6-7H2. The lowest BCUT2D eigenvalue weighted by Crippen LogP contribution is -2.01. The molecule has 0 aliphatic carbocycles. The van der Waals surface area contributed by atoms with Crippen LogP contribution < -0.4 is 0 Å². The van der Waals surface area contributed by atoms with Crippen LogP contribution in [0.25, 0.3) is 0 Å². The Labute approximate surface area is 73.9 Å². The molecule has 0 fully saturated rings. The number of nitrogens with zero attached hydrogens (tertiary/aromatic N) is 1.